The maximum absolute atomic E-state index is 12.4. The van der Waals surface area contributed by atoms with E-state index >= 15 is 0 Å². The summed E-state index contributed by atoms with van der Waals surface area (Å²) < 4.78 is 0. The monoisotopic (exact) mass is 287 g/mol. The van der Waals surface area contributed by atoms with Crippen LogP contribution in [0.25, 0.3) is 0 Å². The molecule has 0 saturated carbocycles. The summed E-state index contributed by atoms with van der Waals surface area (Å²) in [6, 6.07) is 15.3. The Balaban J connectivity index is 2.18. The van der Waals surface area contributed by atoms with E-state index in [1.165, 1.54) is 0 Å². The third-order valence-corrected chi connectivity index (χ3v) is 3.61. The molecule has 1 atom stereocenters. The molecule has 0 aromatic heterocycles. The smallest absolute Gasteiger partial charge is 0.231 e. The third kappa shape index (κ3) is 3.40. The molecule has 2 aromatic carbocycles. The van der Waals surface area contributed by atoms with Crippen molar-refractivity contribution in [2.45, 2.75) is 26.2 Å². The molecule has 0 bridgehead atoms. The SMILES string of the molecule is CC[C@@H](C(=O)Nc1ccc(Cl)cc1C)c1ccccc1. The zero-order valence-corrected chi connectivity index (χ0v) is 12.4. The molecule has 0 spiro atoms. The molecule has 0 fully saturated rings. The summed E-state index contributed by atoms with van der Waals surface area (Å²) >= 11 is 5.93. The van der Waals surface area contributed by atoms with E-state index in [1.807, 2.05) is 56.3 Å². The van der Waals surface area contributed by atoms with Gasteiger partial charge in [-0.05, 0) is 42.7 Å². The van der Waals surface area contributed by atoms with Gasteiger partial charge in [0.2, 0.25) is 5.91 Å². The van der Waals surface area contributed by atoms with Crippen molar-refractivity contribution in [3.63, 3.8) is 0 Å². The van der Waals surface area contributed by atoms with E-state index in [9.17, 15) is 4.79 Å². The summed E-state index contributed by atoms with van der Waals surface area (Å²) in [6.07, 6.45) is 0.766. The van der Waals surface area contributed by atoms with Crippen LogP contribution in [0.1, 0.15) is 30.4 Å². The van der Waals surface area contributed by atoms with Gasteiger partial charge >= 0.3 is 0 Å². The highest BCUT2D eigenvalue weighted by atomic mass is 35.5. The highest BCUT2D eigenvalue weighted by Crippen LogP contribution is 2.24. The highest BCUT2D eigenvalue weighted by molar-refractivity contribution is 6.30. The quantitative estimate of drug-likeness (QED) is 0.861. The number of anilines is 1. The van der Waals surface area contributed by atoms with Gasteiger partial charge in [0.15, 0.2) is 0 Å². The molecule has 1 N–H and O–H groups in total. The number of benzene rings is 2. The molecule has 0 saturated heterocycles. The first-order valence-corrected chi connectivity index (χ1v) is 7.11. The number of carbonyl (C=O) groups is 1. The second-order valence-electron chi connectivity index (χ2n) is 4.82. The summed E-state index contributed by atoms with van der Waals surface area (Å²) in [5.74, 6) is -0.115. The maximum Gasteiger partial charge on any atom is 0.231 e. The molecular weight excluding hydrogens is 270 g/mol. The van der Waals surface area contributed by atoms with Crippen molar-refractivity contribution >= 4 is 23.2 Å². The molecule has 0 aliphatic carbocycles. The lowest BCUT2D eigenvalue weighted by Gasteiger charge is -2.16. The fraction of sp³-hybridized carbons (Fsp3) is 0.235. The Labute approximate surface area is 124 Å². The van der Waals surface area contributed by atoms with Gasteiger partial charge < -0.3 is 5.32 Å². The zero-order valence-electron chi connectivity index (χ0n) is 11.7. The lowest BCUT2D eigenvalue weighted by molar-refractivity contribution is -0.117. The first-order valence-electron chi connectivity index (χ1n) is 6.73. The molecule has 104 valence electrons. The van der Waals surface area contributed by atoms with Crippen LogP contribution in [0.4, 0.5) is 5.69 Å². The van der Waals surface area contributed by atoms with Crippen molar-refractivity contribution in [1.29, 1.82) is 0 Å². The van der Waals surface area contributed by atoms with Gasteiger partial charge in [0.1, 0.15) is 0 Å². The van der Waals surface area contributed by atoms with Gasteiger partial charge in [0.25, 0.3) is 0 Å². The predicted molar refractivity (Wildman–Crippen MR) is 84.3 cm³/mol. The van der Waals surface area contributed by atoms with Gasteiger partial charge in [-0.3, -0.25) is 4.79 Å². The summed E-state index contributed by atoms with van der Waals surface area (Å²) in [5, 5.41) is 3.67. The largest absolute Gasteiger partial charge is 0.325 e. The van der Waals surface area contributed by atoms with Crippen LogP contribution in [-0.2, 0) is 4.79 Å². The molecule has 2 aromatic rings. The lowest BCUT2D eigenvalue weighted by Crippen LogP contribution is -2.21. The van der Waals surface area contributed by atoms with Gasteiger partial charge in [-0.15, -0.1) is 0 Å². The summed E-state index contributed by atoms with van der Waals surface area (Å²) in [4.78, 5) is 12.4. The van der Waals surface area contributed by atoms with Gasteiger partial charge in [-0.25, -0.2) is 0 Å². The zero-order chi connectivity index (χ0) is 14.5. The van der Waals surface area contributed by atoms with E-state index in [4.69, 9.17) is 11.6 Å². The van der Waals surface area contributed by atoms with Gasteiger partial charge in [-0.1, -0.05) is 48.9 Å². The number of carbonyl (C=O) groups excluding carboxylic acids is 1. The van der Waals surface area contributed by atoms with E-state index in [1.54, 1.807) is 6.07 Å². The Morgan fingerprint density at radius 2 is 1.90 bits per heavy atom. The first kappa shape index (κ1) is 14.6. The summed E-state index contributed by atoms with van der Waals surface area (Å²) in [6.45, 7) is 3.96. The van der Waals surface area contributed by atoms with Crippen molar-refractivity contribution in [1.82, 2.24) is 0 Å². The Morgan fingerprint density at radius 1 is 1.20 bits per heavy atom. The number of nitrogens with one attached hydrogen (secondary N) is 1. The molecule has 0 aliphatic heterocycles. The van der Waals surface area contributed by atoms with Crippen molar-refractivity contribution in [3.8, 4) is 0 Å². The van der Waals surface area contributed by atoms with Crippen LogP contribution in [0.15, 0.2) is 48.5 Å². The van der Waals surface area contributed by atoms with E-state index in [2.05, 4.69) is 5.32 Å². The molecule has 1 amide bonds. The Kier molecular flexibility index (Phi) is 4.80. The van der Waals surface area contributed by atoms with Crippen molar-refractivity contribution < 1.29 is 4.79 Å². The van der Waals surface area contributed by atoms with Crippen LogP contribution in [0.2, 0.25) is 5.02 Å². The number of halogens is 1. The Hall–Kier alpha value is -1.80. The lowest BCUT2D eigenvalue weighted by atomic mass is 9.95. The van der Waals surface area contributed by atoms with Crippen LogP contribution < -0.4 is 5.32 Å². The van der Waals surface area contributed by atoms with Crippen molar-refractivity contribution in [2.75, 3.05) is 5.32 Å². The minimum atomic E-state index is -0.133. The van der Waals surface area contributed by atoms with Gasteiger partial charge in [-0.2, -0.15) is 0 Å². The third-order valence-electron chi connectivity index (χ3n) is 3.37. The topological polar surface area (TPSA) is 29.1 Å². The molecule has 20 heavy (non-hydrogen) atoms. The Morgan fingerprint density at radius 3 is 2.50 bits per heavy atom. The molecule has 0 heterocycles. The molecule has 3 heteroatoms. The van der Waals surface area contributed by atoms with Crippen LogP contribution in [0.3, 0.4) is 0 Å². The van der Waals surface area contributed by atoms with Gasteiger partial charge in [0.05, 0.1) is 5.92 Å². The normalized spacial score (nSPS) is 11.9. The first-order chi connectivity index (χ1) is 9.61. The molecule has 0 unspecified atom stereocenters. The van der Waals surface area contributed by atoms with Crippen LogP contribution in [0.5, 0.6) is 0 Å². The standard InChI is InChI=1S/C17H18ClNO/c1-3-15(13-7-5-4-6-8-13)17(20)19-16-10-9-14(18)11-12(16)2/h4-11,15H,3H2,1-2H3,(H,19,20)/t15-/m1/s1. The van der Waals surface area contributed by atoms with Crippen molar-refractivity contribution in [3.05, 3.63) is 64.7 Å². The number of rotatable bonds is 4. The minimum absolute atomic E-state index is 0.0177. The molecule has 2 nitrogen and oxygen atoms in total. The molecule has 2 rings (SSSR count). The fourth-order valence-corrected chi connectivity index (χ4v) is 2.47. The van der Waals surface area contributed by atoms with E-state index in [-0.39, 0.29) is 11.8 Å². The minimum Gasteiger partial charge on any atom is -0.325 e. The van der Waals surface area contributed by atoms with Crippen molar-refractivity contribution in [2.24, 2.45) is 0 Å². The van der Waals surface area contributed by atoms with Gasteiger partial charge in [0, 0.05) is 10.7 Å². The highest BCUT2D eigenvalue weighted by Gasteiger charge is 2.18. The number of amides is 1. The summed E-state index contributed by atoms with van der Waals surface area (Å²) in [7, 11) is 0. The predicted octanol–water partition coefficient (Wildman–Crippen LogP) is 4.78. The molecule has 0 radical (unpaired) electrons. The number of hydrogen-bond donors (Lipinski definition) is 1. The van der Waals surface area contributed by atoms with E-state index in [0.717, 1.165) is 23.2 Å². The van der Waals surface area contributed by atoms with Crippen LogP contribution in [0, 0.1) is 6.92 Å². The summed E-state index contributed by atoms with van der Waals surface area (Å²) in [5.41, 5.74) is 2.82. The average Bonchev–Trinajstić information content (AvgIpc) is 2.44. The second kappa shape index (κ2) is 6.58. The van der Waals surface area contributed by atoms with E-state index < -0.39 is 0 Å². The van der Waals surface area contributed by atoms with Crippen LogP contribution >= 0.6 is 11.6 Å². The maximum atomic E-state index is 12.4. The van der Waals surface area contributed by atoms with Crippen LogP contribution in [-0.4, -0.2) is 5.91 Å². The molecular formula is C17H18ClNO. The second-order valence-corrected chi connectivity index (χ2v) is 5.26. The molecule has 0 aliphatic rings. The van der Waals surface area contributed by atoms with E-state index in [0.29, 0.717) is 5.02 Å². The average molecular weight is 288 g/mol. The Bertz CT molecular complexity index is 595. The number of hydrogen-bond acceptors (Lipinski definition) is 1. The fourth-order valence-electron chi connectivity index (χ4n) is 2.24. The number of aryl methyl sites for hydroxylation is 1.